The summed E-state index contributed by atoms with van der Waals surface area (Å²) in [7, 11) is 0. The van der Waals surface area contributed by atoms with E-state index in [-0.39, 0.29) is 0 Å². The molecule has 3 N–H and O–H groups in total. The summed E-state index contributed by atoms with van der Waals surface area (Å²) in [5, 5.41) is 16.8. The molecule has 0 bridgehead atoms. The number of aliphatic hydroxyl groups is 1. The highest BCUT2D eigenvalue weighted by Crippen LogP contribution is 2.14. The van der Waals surface area contributed by atoms with Crippen LogP contribution in [0.4, 0.5) is 0 Å². The lowest BCUT2D eigenvalue weighted by atomic mass is 9.98. The molecule has 0 radical (unpaired) electrons. The molecule has 0 aromatic carbocycles. The Bertz CT molecular complexity index is 327. The Balaban J connectivity index is 2.18. The van der Waals surface area contributed by atoms with Crippen molar-refractivity contribution in [2.24, 2.45) is 10.9 Å². The second kappa shape index (κ2) is 11.6. The van der Waals surface area contributed by atoms with Gasteiger partial charge in [0, 0.05) is 32.2 Å². The summed E-state index contributed by atoms with van der Waals surface area (Å²) in [4.78, 5) is 4.50. The fourth-order valence-electron chi connectivity index (χ4n) is 2.39. The van der Waals surface area contributed by atoms with Crippen LogP contribution in [0.5, 0.6) is 0 Å². The molecule has 0 spiro atoms. The molecule has 0 saturated carbocycles. The van der Waals surface area contributed by atoms with Crippen molar-refractivity contribution in [3.63, 3.8) is 0 Å². The molecule has 6 nitrogen and oxygen atoms in total. The van der Waals surface area contributed by atoms with Crippen molar-refractivity contribution >= 4 is 5.96 Å². The summed E-state index contributed by atoms with van der Waals surface area (Å²) in [5.74, 6) is 1.33. The van der Waals surface area contributed by atoms with Crippen LogP contribution in [0.3, 0.4) is 0 Å². The molecule has 1 heterocycles. The van der Waals surface area contributed by atoms with Gasteiger partial charge in [-0.25, -0.2) is 0 Å². The fourth-order valence-corrected chi connectivity index (χ4v) is 2.39. The average Bonchev–Trinajstić information content (AvgIpc) is 3.08. The van der Waals surface area contributed by atoms with Gasteiger partial charge in [0.1, 0.15) is 0 Å². The van der Waals surface area contributed by atoms with E-state index in [1.807, 2.05) is 20.8 Å². The van der Waals surface area contributed by atoms with Gasteiger partial charge in [-0.3, -0.25) is 4.99 Å². The van der Waals surface area contributed by atoms with Crippen LogP contribution in [0.25, 0.3) is 0 Å². The van der Waals surface area contributed by atoms with Gasteiger partial charge in [0.2, 0.25) is 0 Å². The van der Waals surface area contributed by atoms with E-state index in [0.717, 1.165) is 58.3 Å². The first-order valence-corrected chi connectivity index (χ1v) is 9.03. The molecule has 0 amide bonds. The summed E-state index contributed by atoms with van der Waals surface area (Å²) in [6.45, 7) is 11.3. The van der Waals surface area contributed by atoms with Gasteiger partial charge in [0.05, 0.1) is 25.4 Å². The standard InChI is InChI=1S/C17H35N3O3/c1-4-17(21,5-2)14-20-16(18-6-3)19-9-7-10-22-12-15-8-11-23-13-15/h15,21H,4-14H2,1-3H3,(H2,18,19,20). The number of nitrogens with zero attached hydrogens (tertiary/aromatic N) is 1. The second-order valence-corrected chi connectivity index (χ2v) is 6.21. The minimum absolute atomic E-state index is 0.424. The minimum Gasteiger partial charge on any atom is -0.388 e. The number of guanidine groups is 1. The van der Waals surface area contributed by atoms with Crippen LogP contribution in [0.15, 0.2) is 4.99 Å². The molecule has 1 rings (SSSR count). The maximum absolute atomic E-state index is 10.3. The largest absolute Gasteiger partial charge is 0.388 e. The molecule has 1 saturated heterocycles. The number of hydrogen-bond donors (Lipinski definition) is 3. The van der Waals surface area contributed by atoms with Crippen molar-refractivity contribution in [1.29, 1.82) is 0 Å². The van der Waals surface area contributed by atoms with Crippen molar-refractivity contribution < 1.29 is 14.6 Å². The predicted octanol–water partition coefficient (Wildman–Crippen LogP) is 1.54. The molecule has 1 unspecified atom stereocenters. The molecule has 1 aliphatic heterocycles. The van der Waals surface area contributed by atoms with E-state index < -0.39 is 5.60 Å². The van der Waals surface area contributed by atoms with Crippen LogP contribution in [0, 0.1) is 5.92 Å². The first-order chi connectivity index (χ1) is 11.1. The monoisotopic (exact) mass is 329 g/mol. The van der Waals surface area contributed by atoms with E-state index in [0.29, 0.717) is 25.3 Å². The lowest BCUT2D eigenvalue weighted by Crippen LogP contribution is -2.40. The topological polar surface area (TPSA) is 75.1 Å². The fraction of sp³-hybridized carbons (Fsp3) is 0.941. The van der Waals surface area contributed by atoms with Gasteiger partial charge in [-0.05, 0) is 32.6 Å². The predicted molar refractivity (Wildman–Crippen MR) is 93.9 cm³/mol. The minimum atomic E-state index is -0.700. The Morgan fingerprint density at radius 2 is 2.09 bits per heavy atom. The third-order valence-corrected chi connectivity index (χ3v) is 4.33. The van der Waals surface area contributed by atoms with Crippen LogP contribution in [-0.2, 0) is 9.47 Å². The third kappa shape index (κ3) is 8.53. The Hall–Kier alpha value is -0.850. The highest BCUT2D eigenvalue weighted by molar-refractivity contribution is 5.79. The van der Waals surface area contributed by atoms with Crippen molar-refractivity contribution in [1.82, 2.24) is 10.6 Å². The van der Waals surface area contributed by atoms with Crippen molar-refractivity contribution in [3.05, 3.63) is 0 Å². The lowest BCUT2D eigenvalue weighted by molar-refractivity contribution is 0.0418. The van der Waals surface area contributed by atoms with E-state index >= 15 is 0 Å². The number of ether oxygens (including phenoxy) is 2. The maximum atomic E-state index is 10.3. The van der Waals surface area contributed by atoms with Crippen LogP contribution in [-0.4, -0.2) is 62.7 Å². The molecule has 23 heavy (non-hydrogen) atoms. The molecule has 0 aromatic rings. The van der Waals surface area contributed by atoms with E-state index in [4.69, 9.17) is 9.47 Å². The molecule has 6 heteroatoms. The summed E-state index contributed by atoms with van der Waals surface area (Å²) < 4.78 is 11.0. The maximum Gasteiger partial charge on any atom is 0.191 e. The Morgan fingerprint density at radius 1 is 1.30 bits per heavy atom. The summed E-state index contributed by atoms with van der Waals surface area (Å²) in [6, 6.07) is 0. The summed E-state index contributed by atoms with van der Waals surface area (Å²) in [5.41, 5.74) is -0.700. The zero-order valence-corrected chi connectivity index (χ0v) is 15.1. The van der Waals surface area contributed by atoms with Crippen LogP contribution in [0.1, 0.15) is 46.5 Å². The quantitative estimate of drug-likeness (QED) is 0.304. The molecular weight excluding hydrogens is 294 g/mol. The van der Waals surface area contributed by atoms with Crippen LogP contribution < -0.4 is 10.6 Å². The van der Waals surface area contributed by atoms with Gasteiger partial charge in [-0.2, -0.15) is 0 Å². The first-order valence-electron chi connectivity index (χ1n) is 9.03. The van der Waals surface area contributed by atoms with Crippen molar-refractivity contribution in [2.45, 2.75) is 52.1 Å². The normalized spacial score (nSPS) is 19.1. The molecule has 1 aliphatic rings. The van der Waals surface area contributed by atoms with Gasteiger partial charge in [0.25, 0.3) is 0 Å². The molecule has 1 fully saturated rings. The first kappa shape index (κ1) is 20.2. The Morgan fingerprint density at radius 3 is 2.70 bits per heavy atom. The number of rotatable bonds is 11. The number of hydrogen-bond acceptors (Lipinski definition) is 4. The SMILES string of the molecule is CCNC(=NCC(O)(CC)CC)NCCCOCC1CCOC1. The van der Waals surface area contributed by atoms with E-state index in [2.05, 4.69) is 15.6 Å². The Kier molecular flexibility index (Phi) is 10.2. The second-order valence-electron chi connectivity index (χ2n) is 6.21. The molecule has 0 aliphatic carbocycles. The summed E-state index contributed by atoms with van der Waals surface area (Å²) >= 11 is 0. The molecule has 1 atom stereocenters. The van der Waals surface area contributed by atoms with Crippen LogP contribution >= 0.6 is 0 Å². The molecular formula is C17H35N3O3. The highest BCUT2D eigenvalue weighted by Gasteiger charge is 2.21. The van der Waals surface area contributed by atoms with Crippen LogP contribution in [0.2, 0.25) is 0 Å². The van der Waals surface area contributed by atoms with E-state index in [1.54, 1.807) is 0 Å². The van der Waals surface area contributed by atoms with Crippen molar-refractivity contribution in [2.75, 3.05) is 46.1 Å². The van der Waals surface area contributed by atoms with Crippen molar-refractivity contribution in [3.8, 4) is 0 Å². The highest BCUT2D eigenvalue weighted by atomic mass is 16.5. The third-order valence-electron chi connectivity index (χ3n) is 4.33. The summed E-state index contributed by atoms with van der Waals surface area (Å²) in [6.07, 6.45) is 3.48. The van der Waals surface area contributed by atoms with Gasteiger partial charge in [-0.15, -0.1) is 0 Å². The van der Waals surface area contributed by atoms with Gasteiger partial charge in [0.15, 0.2) is 5.96 Å². The average molecular weight is 329 g/mol. The number of nitrogens with one attached hydrogen (secondary N) is 2. The van der Waals surface area contributed by atoms with Gasteiger partial charge in [-0.1, -0.05) is 13.8 Å². The lowest BCUT2D eigenvalue weighted by Gasteiger charge is -2.23. The van der Waals surface area contributed by atoms with E-state index in [9.17, 15) is 5.11 Å². The zero-order valence-electron chi connectivity index (χ0n) is 15.1. The molecule has 136 valence electrons. The smallest absolute Gasteiger partial charge is 0.191 e. The number of aliphatic imine (C=N–C) groups is 1. The van der Waals surface area contributed by atoms with Gasteiger partial charge < -0.3 is 25.2 Å². The van der Waals surface area contributed by atoms with E-state index in [1.165, 1.54) is 0 Å². The van der Waals surface area contributed by atoms with Gasteiger partial charge >= 0.3 is 0 Å². The zero-order chi connectivity index (χ0) is 17.0. The Labute approximate surface area is 141 Å². The molecule has 0 aromatic heterocycles.